The third-order valence-electron chi connectivity index (χ3n) is 5.24. The summed E-state index contributed by atoms with van der Waals surface area (Å²) >= 11 is 0. The third kappa shape index (κ3) is 2.74. The van der Waals surface area contributed by atoms with Gasteiger partial charge in [-0.2, -0.15) is 0 Å². The van der Waals surface area contributed by atoms with Crippen molar-refractivity contribution in [3.8, 4) is 11.5 Å². The highest BCUT2D eigenvalue weighted by Gasteiger charge is 2.32. The normalized spacial score (nSPS) is 16.6. The zero-order valence-corrected chi connectivity index (χ0v) is 15.1. The van der Waals surface area contributed by atoms with Gasteiger partial charge in [-0.1, -0.05) is 30.3 Å². The Kier molecular flexibility index (Phi) is 3.90. The van der Waals surface area contributed by atoms with Crippen molar-refractivity contribution in [2.24, 2.45) is 0 Å². The number of carbonyl (C=O) groups excluding carboxylic acids is 2. The molecule has 1 N–H and O–H groups in total. The molecule has 6 nitrogen and oxygen atoms in total. The summed E-state index contributed by atoms with van der Waals surface area (Å²) in [6, 6.07) is 18.2. The Labute approximate surface area is 161 Å². The molecule has 5 rings (SSSR count). The summed E-state index contributed by atoms with van der Waals surface area (Å²) in [7, 11) is 0. The number of hydrogen-bond donors (Lipinski definition) is 1. The van der Waals surface area contributed by atoms with Gasteiger partial charge in [0.15, 0.2) is 11.5 Å². The zero-order chi connectivity index (χ0) is 19.1. The van der Waals surface area contributed by atoms with Crippen LogP contribution < -0.4 is 14.8 Å². The average molecular weight is 374 g/mol. The molecule has 0 aliphatic carbocycles. The number of amides is 1. The largest absolute Gasteiger partial charge is 0.454 e. The molecule has 2 aliphatic heterocycles. The van der Waals surface area contributed by atoms with Crippen LogP contribution in [0.25, 0.3) is 0 Å². The van der Waals surface area contributed by atoms with Crippen LogP contribution in [0.15, 0.2) is 60.7 Å². The summed E-state index contributed by atoms with van der Waals surface area (Å²) in [5.74, 6) is 0.904. The molecule has 1 atom stereocenters. The van der Waals surface area contributed by atoms with E-state index in [-0.39, 0.29) is 24.4 Å². The van der Waals surface area contributed by atoms with Gasteiger partial charge >= 0.3 is 0 Å². The summed E-state index contributed by atoms with van der Waals surface area (Å²) in [6.45, 7) is 0.844. The molecule has 6 heteroatoms. The molecule has 0 saturated heterocycles. The summed E-state index contributed by atoms with van der Waals surface area (Å²) < 4.78 is 12.6. The van der Waals surface area contributed by atoms with E-state index in [2.05, 4.69) is 5.32 Å². The quantitative estimate of drug-likeness (QED) is 0.709. The fourth-order valence-electron chi connectivity index (χ4n) is 3.85. The predicted molar refractivity (Wildman–Crippen MR) is 103 cm³/mol. The molecule has 1 aromatic heterocycles. The zero-order valence-electron chi connectivity index (χ0n) is 15.1. The van der Waals surface area contributed by atoms with Crippen molar-refractivity contribution < 1.29 is 19.1 Å². The predicted octanol–water partition coefficient (Wildman–Crippen LogP) is 3.57. The second-order valence-electron chi connectivity index (χ2n) is 6.89. The van der Waals surface area contributed by atoms with E-state index in [0.29, 0.717) is 41.4 Å². The Morgan fingerprint density at radius 3 is 2.64 bits per heavy atom. The highest BCUT2D eigenvalue weighted by atomic mass is 16.7. The lowest BCUT2D eigenvalue weighted by Gasteiger charge is -2.11. The van der Waals surface area contributed by atoms with Crippen molar-refractivity contribution in [1.82, 2.24) is 4.57 Å². The van der Waals surface area contributed by atoms with E-state index < -0.39 is 0 Å². The van der Waals surface area contributed by atoms with Gasteiger partial charge in [0.1, 0.15) is 0 Å². The highest BCUT2D eigenvalue weighted by Crippen LogP contribution is 2.36. The lowest BCUT2D eigenvalue weighted by molar-refractivity contribution is -0.117. The number of fused-ring (bicyclic) bond motifs is 2. The molecule has 140 valence electrons. The highest BCUT2D eigenvalue weighted by molar-refractivity contribution is 6.08. The average Bonchev–Trinajstić information content (AvgIpc) is 3.43. The second-order valence-corrected chi connectivity index (χ2v) is 6.89. The van der Waals surface area contributed by atoms with Crippen LogP contribution in [0, 0.1) is 0 Å². The smallest absolute Gasteiger partial charge is 0.233 e. The van der Waals surface area contributed by atoms with Gasteiger partial charge in [0.2, 0.25) is 18.5 Å². The monoisotopic (exact) mass is 374 g/mol. The summed E-state index contributed by atoms with van der Waals surface area (Å²) in [5.41, 5.74) is 2.81. The molecule has 0 saturated carbocycles. The second kappa shape index (κ2) is 6.56. The number of rotatable bonds is 4. The maximum absolute atomic E-state index is 12.8. The van der Waals surface area contributed by atoms with E-state index in [1.165, 1.54) is 0 Å². The molecule has 3 heterocycles. The van der Waals surface area contributed by atoms with Crippen LogP contribution in [-0.2, 0) is 11.3 Å². The molecule has 2 aliphatic rings. The van der Waals surface area contributed by atoms with E-state index in [1.807, 2.05) is 34.9 Å². The van der Waals surface area contributed by atoms with Crippen molar-refractivity contribution in [1.29, 1.82) is 0 Å². The van der Waals surface area contributed by atoms with Gasteiger partial charge in [0, 0.05) is 29.6 Å². The van der Waals surface area contributed by atoms with Gasteiger partial charge in [-0.3, -0.25) is 9.59 Å². The molecule has 0 spiro atoms. The SMILES string of the molecule is O=C(c1ccccc1)c1ccc2n1CC[C@H]2C(=O)Nc1ccc2c(c1)OCO2. The van der Waals surface area contributed by atoms with Crippen molar-refractivity contribution in [2.45, 2.75) is 18.9 Å². The Morgan fingerprint density at radius 1 is 0.964 bits per heavy atom. The standard InChI is InChI=1S/C22H18N2O4/c25-21(14-4-2-1-3-5-14)18-8-7-17-16(10-11-24(17)18)22(26)23-15-6-9-19-20(12-15)28-13-27-19/h1-9,12,16H,10-11,13H2,(H,23,26)/t16-/m1/s1. The maximum Gasteiger partial charge on any atom is 0.233 e. The molecule has 0 unspecified atom stereocenters. The Hall–Kier alpha value is -3.54. The first-order valence-electron chi connectivity index (χ1n) is 9.20. The molecule has 1 amide bonds. The van der Waals surface area contributed by atoms with E-state index in [1.54, 1.807) is 30.3 Å². The summed E-state index contributed by atoms with van der Waals surface area (Å²) in [6.07, 6.45) is 0.668. The van der Waals surface area contributed by atoms with Crippen LogP contribution in [-0.4, -0.2) is 23.1 Å². The van der Waals surface area contributed by atoms with Gasteiger partial charge in [0.25, 0.3) is 0 Å². The van der Waals surface area contributed by atoms with E-state index in [4.69, 9.17) is 9.47 Å². The molecule has 3 aromatic rings. The number of nitrogens with zero attached hydrogens (tertiary/aromatic N) is 1. The molecule has 0 fully saturated rings. The van der Waals surface area contributed by atoms with Crippen LogP contribution >= 0.6 is 0 Å². The van der Waals surface area contributed by atoms with Gasteiger partial charge in [0.05, 0.1) is 11.6 Å². The van der Waals surface area contributed by atoms with Crippen molar-refractivity contribution in [3.63, 3.8) is 0 Å². The lowest BCUT2D eigenvalue weighted by atomic mass is 10.0. The van der Waals surface area contributed by atoms with Crippen LogP contribution in [0.4, 0.5) is 5.69 Å². The number of anilines is 1. The van der Waals surface area contributed by atoms with Crippen molar-refractivity contribution in [2.75, 3.05) is 12.1 Å². The molecule has 0 bridgehead atoms. The minimum Gasteiger partial charge on any atom is -0.454 e. The molecule has 0 radical (unpaired) electrons. The number of benzene rings is 2. The van der Waals surface area contributed by atoms with Crippen molar-refractivity contribution >= 4 is 17.4 Å². The number of ketones is 1. The van der Waals surface area contributed by atoms with E-state index in [0.717, 1.165) is 5.69 Å². The fourth-order valence-corrected chi connectivity index (χ4v) is 3.85. The van der Waals surface area contributed by atoms with Gasteiger partial charge in [-0.25, -0.2) is 0 Å². The van der Waals surface area contributed by atoms with E-state index >= 15 is 0 Å². The number of ether oxygens (including phenoxy) is 2. The van der Waals surface area contributed by atoms with Crippen LogP contribution in [0.5, 0.6) is 11.5 Å². The van der Waals surface area contributed by atoms with Crippen LogP contribution in [0.3, 0.4) is 0 Å². The van der Waals surface area contributed by atoms with Crippen LogP contribution in [0.2, 0.25) is 0 Å². The van der Waals surface area contributed by atoms with Gasteiger partial charge in [-0.15, -0.1) is 0 Å². The lowest BCUT2D eigenvalue weighted by Crippen LogP contribution is -2.19. The fraction of sp³-hybridized carbons (Fsp3) is 0.182. The first kappa shape index (κ1) is 16.6. The molecular formula is C22H18N2O4. The summed E-state index contributed by atoms with van der Waals surface area (Å²) in [5, 5.41) is 2.95. The third-order valence-corrected chi connectivity index (χ3v) is 5.24. The topological polar surface area (TPSA) is 69.6 Å². The minimum atomic E-state index is -0.289. The molecule has 2 aromatic carbocycles. The Bertz CT molecular complexity index is 1070. The van der Waals surface area contributed by atoms with Gasteiger partial charge < -0.3 is 19.4 Å². The van der Waals surface area contributed by atoms with Crippen molar-refractivity contribution in [3.05, 3.63) is 77.6 Å². The minimum absolute atomic E-state index is 0.0244. The number of hydrogen-bond acceptors (Lipinski definition) is 4. The molecule has 28 heavy (non-hydrogen) atoms. The number of carbonyl (C=O) groups is 2. The number of nitrogens with one attached hydrogen (secondary N) is 1. The first-order chi connectivity index (χ1) is 13.7. The van der Waals surface area contributed by atoms with E-state index in [9.17, 15) is 9.59 Å². The molecular weight excluding hydrogens is 356 g/mol. The first-order valence-corrected chi connectivity index (χ1v) is 9.20. The summed E-state index contributed by atoms with van der Waals surface area (Å²) in [4.78, 5) is 25.6. The Balaban J connectivity index is 1.36. The Morgan fingerprint density at radius 2 is 1.79 bits per heavy atom. The van der Waals surface area contributed by atoms with Crippen LogP contribution in [0.1, 0.15) is 34.1 Å². The number of aromatic nitrogens is 1. The van der Waals surface area contributed by atoms with Gasteiger partial charge in [-0.05, 0) is 30.7 Å². The maximum atomic E-state index is 12.8.